The first-order valence-corrected chi connectivity index (χ1v) is 7.43. The first-order valence-electron chi connectivity index (χ1n) is 7.05. The SMILES string of the molecule is CC(CCOc1ccc(Cl)cc1)CCC(O)C(C)C. The van der Waals surface area contributed by atoms with Crippen molar-refractivity contribution in [2.45, 2.75) is 46.1 Å². The second-order valence-electron chi connectivity index (χ2n) is 5.58. The molecule has 3 heteroatoms. The van der Waals surface area contributed by atoms with Crippen LogP contribution >= 0.6 is 11.6 Å². The van der Waals surface area contributed by atoms with Crippen molar-refractivity contribution in [3.63, 3.8) is 0 Å². The van der Waals surface area contributed by atoms with E-state index in [9.17, 15) is 5.11 Å². The smallest absolute Gasteiger partial charge is 0.119 e. The molecule has 0 aliphatic carbocycles. The summed E-state index contributed by atoms with van der Waals surface area (Å²) in [4.78, 5) is 0. The molecule has 108 valence electrons. The summed E-state index contributed by atoms with van der Waals surface area (Å²) in [6, 6.07) is 7.43. The maximum Gasteiger partial charge on any atom is 0.119 e. The van der Waals surface area contributed by atoms with Gasteiger partial charge < -0.3 is 9.84 Å². The normalized spacial score (nSPS) is 14.4. The van der Waals surface area contributed by atoms with E-state index < -0.39 is 0 Å². The third-order valence-electron chi connectivity index (χ3n) is 3.42. The monoisotopic (exact) mass is 284 g/mol. The van der Waals surface area contributed by atoms with Crippen molar-refractivity contribution >= 4 is 11.6 Å². The van der Waals surface area contributed by atoms with Gasteiger partial charge in [0.25, 0.3) is 0 Å². The quantitative estimate of drug-likeness (QED) is 0.759. The molecule has 0 aliphatic heterocycles. The summed E-state index contributed by atoms with van der Waals surface area (Å²) < 4.78 is 5.66. The molecule has 1 rings (SSSR count). The van der Waals surface area contributed by atoms with Crippen molar-refractivity contribution in [1.29, 1.82) is 0 Å². The van der Waals surface area contributed by atoms with E-state index in [0.717, 1.165) is 30.0 Å². The fourth-order valence-electron chi connectivity index (χ4n) is 1.84. The zero-order valence-corrected chi connectivity index (χ0v) is 12.9. The largest absolute Gasteiger partial charge is 0.494 e. The minimum atomic E-state index is -0.181. The van der Waals surface area contributed by atoms with Crippen LogP contribution in [-0.4, -0.2) is 17.8 Å². The lowest BCUT2D eigenvalue weighted by Crippen LogP contribution is -2.16. The summed E-state index contributed by atoms with van der Waals surface area (Å²) in [5, 5.41) is 10.5. The topological polar surface area (TPSA) is 29.5 Å². The van der Waals surface area contributed by atoms with Crippen LogP contribution in [0.15, 0.2) is 24.3 Å². The fraction of sp³-hybridized carbons (Fsp3) is 0.625. The molecular formula is C16H25ClO2. The molecule has 0 saturated heterocycles. The molecular weight excluding hydrogens is 260 g/mol. The van der Waals surface area contributed by atoms with Gasteiger partial charge in [0.1, 0.15) is 5.75 Å². The van der Waals surface area contributed by atoms with Crippen LogP contribution in [0.25, 0.3) is 0 Å². The first kappa shape index (κ1) is 16.3. The van der Waals surface area contributed by atoms with Gasteiger partial charge in [0, 0.05) is 5.02 Å². The van der Waals surface area contributed by atoms with Crippen molar-refractivity contribution in [3.05, 3.63) is 29.3 Å². The van der Waals surface area contributed by atoms with E-state index in [0.29, 0.717) is 18.4 Å². The number of halogens is 1. The summed E-state index contributed by atoms with van der Waals surface area (Å²) in [5.74, 6) is 1.78. The molecule has 0 saturated carbocycles. The summed E-state index contributed by atoms with van der Waals surface area (Å²) in [5.41, 5.74) is 0. The Morgan fingerprint density at radius 2 is 1.68 bits per heavy atom. The van der Waals surface area contributed by atoms with Crippen molar-refractivity contribution in [2.24, 2.45) is 11.8 Å². The maximum atomic E-state index is 9.76. The average Bonchev–Trinajstić information content (AvgIpc) is 2.38. The number of ether oxygens (including phenoxy) is 1. The van der Waals surface area contributed by atoms with Gasteiger partial charge in [-0.3, -0.25) is 0 Å². The highest BCUT2D eigenvalue weighted by atomic mass is 35.5. The van der Waals surface area contributed by atoms with Gasteiger partial charge in [0.15, 0.2) is 0 Å². The molecule has 0 heterocycles. The second kappa shape index (κ2) is 8.44. The summed E-state index contributed by atoms with van der Waals surface area (Å²) in [6.45, 7) is 7.02. The lowest BCUT2D eigenvalue weighted by atomic mass is 9.95. The number of hydrogen-bond donors (Lipinski definition) is 1. The van der Waals surface area contributed by atoms with E-state index in [1.165, 1.54) is 0 Å². The summed E-state index contributed by atoms with van der Waals surface area (Å²) in [6.07, 6.45) is 2.75. The van der Waals surface area contributed by atoms with Gasteiger partial charge in [0.2, 0.25) is 0 Å². The highest BCUT2D eigenvalue weighted by Crippen LogP contribution is 2.18. The minimum absolute atomic E-state index is 0.181. The van der Waals surface area contributed by atoms with Gasteiger partial charge in [-0.15, -0.1) is 0 Å². The zero-order valence-electron chi connectivity index (χ0n) is 12.1. The Kier molecular flexibility index (Phi) is 7.25. The van der Waals surface area contributed by atoms with Gasteiger partial charge in [-0.25, -0.2) is 0 Å². The minimum Gasteiger partial charge on any atom is -0.494 e. The number of hydrogen-bond acceptors (Lipinski definition) is 2. The predicted molar refractivity (Wildman–Crippen MR) is 80.8 cm³/mol. The second-order valence-corrected chi connectivity index (χ2v) is 6.02. The molecule has 2 nitrogen and oxygen atoms in total. The van der Waals surface area contributed by atoms with Crippen LogP contribution < -0.4 is 4.74 Å². The van der Waals surface area contributed by atoms with E-state index in [1.807, 2.05) is 24.3 Å². The molecule has 19 heavy (non-hydrogen) atoms. The van der Waals surface area contributed by atoms with E-state index in [1.54, 1.807) is 0 Å². The lowest BCUT2D eigenvalue weighted by molar-refractivity contribution is 0.107. The molecule has 0 radical (unpaired) electrons. The maximum absolute atomic E-state index is 9.76. The van der Waals surface area contributed by atoms with Gasteiger partial charge in [-0.05, 0) is 55.4 Å². The molecule has 1 N–H and O–H groups in total. The first-order chi connectivity index (χ1) is 8.99. The number of benzene rings is 1. The Balaban J connectivity index is 2.16. The molecule has 0 spiro atoms. The highest BCUT2D eigenvalue weighted by Gasteiger charge is 2.11. The number of aliphatic hydroxyl groups is 1. The molecule has 1 aromatic carbocycles. The molecule has 0 aromatic heterocycles. The molecule has 0 aliphatic rings. The molecule has 2 atom stereocenters. The standard InChI is InChI=1S/C16H25ClO2/c1-12(2)16(18)9-4-13(3)10-11-19-15-7-5-14(17)6-8-15/h5-8,12-13,16,18H,4,9-11H2,1-3H3. The van der Waals surface area contributed by atoms with Crippen molar-refractivity contribution in [1.82, 2.24) is 0 Å². The van der Waals surface area contributed by atoms with Crippen LogP contribution in [-0.2, 0) is 0 Å². The molecule has 2 unspecified atom stereocenters. The van der Waals surface area contributed by atoms with E-state index >= 15 is 0 Å². The Morgan fingerprint density at radius 3 is 2.26 bits per heavy atom. The molecule has 1 aromatic rings. The Labute approximate surface area is 121 Å². The van der Waals surface area contributed by atoms with Gasteiger partial charge in [-0.2, -0.15) is 0 Å². The van der Waals surface area contributed by atoms with E-state index in [2.05, 4.69) is 20.8 Å². The van der Waals surface area contributed by atoms with Crippen LogP contribution in [0.3, 0.4) is 0 Å². The Hall–Kier alpha value is -0.730. The number of aliphatic hydroxyl groups excluding tert-OH is 1. The molecule has 0 amide bonds. The third kappa shape index (κ3) is 6.84. The van der Waals surface area contributed by atoms with E-state index in [-0.39, 0.29) is 6.10 Å². The zero-order chi connectivity index (χ0) is 14.3. The Morgan fingerprint density at radius 1 is 1.05 bits per heavy atom. The third-order valence-corrected chi connectivity index (χ3v) is 3.67. The molecule has 0 bridgehead atoms. The van der Waals surface area contributed by atoms with Crippen molar-refractivity contribution in [3.8, 4) is 5.75 Å². The average molecular weight is 285 g/mol. The van der Waals surface area contributed by atoms with Gasteiger partial charge in [-0.1, -0.05) is 32.4 Å². The summed E-state index contributed by atoms with van der Waals surface area (Å²) in [7, 11) is 0. The van der Waals surface area contributed by atoms with Gasteiger partial charge >= 0.3 is 0 Å². The summed E-state index contributed by atoms with van der Waals surface area (Å²) >= 11 is 5.81. The van der Waals surface area contributed by atoms with Crippen LogP contribution in [0.4, 0.5) is 0 Å². The highest BCUT2D eigenvalue weighted by molar-refractivity contribution is 6.30. The van der Waals surface area contributed by atoms with Crippen LogP contribution in [0, 0.1) is 11.8 Å². The number of rotatable bonds is 8. The van der Waals surface area contributed by atoms with Crippen LogP contribution in [0.2, 0.25) is 5.02 Å². The molecule has 0 fully saturated rings. The van der Waals surface area contributed by atoms with Crippen molar-refractivity contribution < 1.29 is 9.84 Å². The van der Waals surface area contributed by atoms with Crippen LogP contribution in [0.5, 0.6) is 5.75 Å². The van der Waals surface area contributed by atoms with Crippen LogP contribution in [0.1, 0.15) is 40.0 Å². The Bertz CT molecular complexity index is 348. The van der Waals surface area contributed by atoms with E-state index in [4.69, 9.17) is 16.3 Å². The van der Waals surface area contributed by atoms with Gasteiger partial charge in [0.05, 0.1) is 12.7 Å². The predicted octanol–water partition coefficient (Wildman–Crippen LogP) is 4.54. The van der Waals surface area contributed by atoms with Crippen molar-refractivity contribution in [2.75, 3.05) is 6.61 Å². The fourth-order valence-corrected chi connectivity index (χ4v) is 1.97. The lowest BCUT2D eigenvalue weighted by Gasteiger charge is -2.17.